The average molecular weight is 523 g/mol. The van der Waals surface area contributed by atoms with Gasteiger partial charge in [0.1, 0.15) is 17.5 Å². The molecule has 10 heteroatoms. The first kappa shape index (κ1) is 26.1. The zero-order valence-corrected chi connectivity index (χ0v) is 21.8. The lowest BCUT2D eigenvalue weighted by atomic mass is 9.89. The van der Waals surface area contributed by atoms with Crippen LogP contribution in [0.25, 0.3) is 10.9 Å². The van der Waals surface area contributed by atoms with Gasteiger partial charge in [0.05, 0.1) is 11.7 Å². The largest absolute Gasteiger partial charge is 0.480 e. The van der Waals surface area contributed by atoms with Crippen molar-refractivity contribution in [1.29, 1.82) is 0 Å². The Morgan fingerprint density at radius 3 is 2.97 bits per heavy atom. The molecular weight excluding hydrogens is 487 g/mol. The lowest BCUT2D eigenvalue weighted by Crippen LogP contribution is -2.48. The number of carbonyl (C=O) groups excluding carboxylic acids is 1. The Bertz CT molecular complexity index is 1330. The summed E-state index contributed by atoms with van der Waals surface area (Å²) in [6, 6.07) is 8.18. The summed E-state index contributed by atoms with van der Waals surface area (Å²) in [7, 11) is 1.79. The van der Waals surface area contributed by atoms with Gasteiger partial charge in [-0.05, 0) is 75.3 Å². The molecule has 0 radical (unpaired) electrons. The van der Waals surface area contributed by atoms with Crippen LogP contribution in [0.5, 0.6) is 0 Å². The van der Waals surface area contributed by atoms with E-state index in [1.807, 2.05) is 11.0 Å². The molecule has 0 spiro atoms. The van der Waals surface area contributed by atoms with Gasteiger partial charge >= 0.3 is 5.97 Å². The number of rotatable bonds is 9. The molecule has 0 aliphatic carbocycles. The second-order valence-corrected chi connectivity index (χ2v) is 10.6. The van der Waals surface area contributed by atoms with E-state index in [0.717, 1.165) is 41.8 Å². The van der Waals surface area contributed by atoms with Gasteiger partial charge < -0.3 is 20.6 Å². The Labute approximate surface area is 221 Å². The predicted molar refractivity (Wildman–Crippen MR) is 143 cm³/mol. The summed E-state index contributed by atoms with van der Waals surface area (Å²) in [4.78, 5) is 31.4. The van der Waals surface area contributed by atoms with Crippen LogP contribution >= 0.6 is 0 Å². The number of carboxylic acids is 1. The van der Waals surface area contributed by atoms with Crippen molar-refractivity contribution in [3.05, 3.63) is 53.3 Å². The zero-order chi connectivity index (χ0) is 26.7. The van der Waals surface area contributed by atoms with E-state index in [9.17, 15) is 14.7 Å². The molecule has 1 saturated heterocycles. The number of aryl methyl sites for hydroxylation is 3. The summed E-state index contributed by atoms with van der Waals surface area (Å²) < 4.78 is 17.5. The van der Waals surface area contributed by atoms with Gasteiger partial charge in [-0.3, -0.25) is 9.48 Å². The third-order valence-electron chi connectivity index (χ3n) is 7.74. The fourth-order valence-electron chi connectivity index (χ4n) is 5.53. The number of carbonyl (C=O) groups is 2. The number of carboxylic acid groups (broad SMARTS) is 1. The summed E-state index contributed by atoms with van der Waals surface area (Å²) in [5.74, 6) is -0.629. The van der Waals surface area contributed by atoms with Gasteiger partial charge in [-0.25, -0.2) is 14.2 Å². The monoisotopic (exact) mass is 522 g/mol. The lowest BCUT2D eigenvalue weighted by molar-refractivity contribution is -0.139. The molecule has 1 aromatic carbocycles. The minimum Gasteiger partial charge on any atom is -0.480 e. The highest BCUT2D eigenvalue weighted by atomic mass is 19.1. The van der Waals surface area contributed by atoms with E-state index in [2.05, 4.69) is 21.8 Å². The molecule has 1 fully saturated rings. The normalized spacial score (nSPS) is 20.5. The van der Waals surface area contributed by atoms with Gasteiger partial charge in [0.15, 0.2) is 0 Å². The standard InChI is InChI=1S/C28H35FN6O3/c1-34-24-16-20(5-6-21(24)17-31-34)26(36)33-23(27(37)38)10-15-35-14-3-11-28(29,18-35)12-9-22-8-7-19-4-2-13-30-25(19)32-22/h5-8,16-17,23H,2-4,9-15,18H2,1H3,(H,30,32)(H,33,36)(H,37,38). The van der Waals surface area contributed by atoms with E-state index in [4.69, 9.17) is 4.98 Å². The zero-order valence-electron chi connectivity index (χ0n) is 21.8. The van der Waals surface area contributed by atoms with Gasteiger partial charge in [-0.2, -0.15) is 5.10 Å². The second kappa shape index (κ2) is 11.1. The van der Waals surface area contributed by atoms with E-state index in [1.54, 1.807) is 36.1 Å². The molecule has 0 bridgehead atoms. The fraction of sp³-hybridized carbons (Fsp3) is 0.500. The third-order valence-corrected chi connectivity index (χ3v) is 7.74. The van der Waals surface area contributed by atoms with Crippen molar-refractivity contribution in [2.24, 2.45) is 7.05 Å². The van der Waals surface area contributed by atoms with Gasteiger partial charge in [-0.1, -0.05) is 12.1 Å². The van der Waals surface area contributed by atoms with Crippen LogP contribution in [-0.2, 0) is 24.7 Å². The van der Waals surface area contributed by atoms with Crippen LogP contribution in [0.15, 0.2) is 36.5 Å². The molecule has 3 aromatic rings. The average Bonchev–Trinajstić information content (AvgIpc) is 3.29. The summed E-state index contributed by atoms with van der Waals surface area (Å²) in [6.07, 6.45) is 6.18. The number of halogens is 1. The van der Waals surface area contributed by atoms with E-state index >= 15 is 4.39 Å². The molecule has 38 heavy (non-hydrogen) atoms. The number of aliphatic carboxylic acids is 1. The van der Waals surface area contributed by atoms with Crippen molar-refractivity contribution >= 4 is 28.6 Å². The minimum absolute atomic E-state index is 0.198. The van der Waals surface area contributed by atoms with E-state index in [0.29, 0.717) is 44.3 Å². The Morgan fingerprint density at radius 2 is 2.13 bits per heavy atom. The first-order chi connectivity index (χ1) is 18.3. The molecule has 2 unspecified atom stereocenters. The Kier molecular flexibility index (Phi) is 7.60. The number of pyridine rings is 1. The van der Waals surface area contributed by atoms with Crippen molar-refractivity contribution in [2.45, 2.75) is 56.7 Å². The molecule has 0 saturated carbocycles. The number of fused-ring (bicyclic) bond motifs is 2. The number of aromatic nitrogens is 3. The summed E-state index contributed by atoms with van der Waals surface area (Å²) in [6.45, 7) is 2.28. The maximum atomic E-state index is 15.8. The van der Waals surface area contributed by atoms with Crippen molar-refractivity contribution in [3.8, 4) is 0 Å². The maximum Gasteiger partial charge on any atom is 0.326 e. The number of likely N-dealkylation sites (tertiary alicyclic amines) is 1. The molecule has 4 heterocycles. The Hall–Kier alpha value is -3.53. The molecule has 5 rings (SSSR count). The second-order valence-electron chi connectivity index (χ2n) is 10.6. The smallest absolute Gasteiger partial charge is 0.326 e. The first-order valence-corrected chi connectivity index (χ1v) is 13.4. The maximum absolute atomic E-state index is 15.8. The van der Waals surface area contributed by atoms with Crippen molar-refractivity contribution in [2.75, 3.05) is 31.5 Å². The highest BCUT2D eigenvalue weighted by molar-refractivity contribution is 5.99. The van der Waals surface area contributed by atoms with Gasteiger partial charge in [0.25, 0.3) is 5.91 Å². The Balaban J connectivity index is 1.15. The number of piperidine rings is 1. The van der Waals surface area contributed by atoms with E-state index in [-0.39, 0.29) is 13.0 Å². The van der Waals surface area contributed by atoms with Crippen molar-refractivity contribution in [3.63, 3.8) is 0 Å². The number of nitrogens with zero attached hydrogens (tertiary/aromatic N) is 4. The van der Waals surface area contributed by atoms with Crippen LogP contribution in [0.1, 0.15) is 53.7 Å². The minimum atomic E-state index is -1.34. The lowest BCUT2D eigenvalue weighted by Gasteiger charge is -2.38. The molecule has 1 amide bonds. The highest BCUT2D eigenvalue weighted by Crippen LogP contribution is 2.31. The molecule has 202 valence electrons. The number of hydrogen-bond donors (Lipinski definition) is 3. The molecular formula is C28H35FN6O3. The van der Waals surface area contributed by atoms with Crippen LogP contribution in [0, 0.1) is 0 Å². The Morgan fingerprint density at radius 1 is 1.26 bits per heavy atom. The van der Waals surface area contributed by atoms with E-state index < -0.39 is 23.6 Å². The SMILES string of the molecule is Cn1ncc2ccc(C(=O)NC(CCN3CCCC(F)(CCc4ccc5c(n4)NCCC5)C3)C(=O)O)cc21. The fourth-order valence-corrected chi connectivity index (χ4v) is 5.53. The van der Waals surface area contributed by atoms with Crippen LogP contribution < -0.4 is 10.6 Å². The summed E-state index contributed by atoms with van der Waals surface area (Å²) >= 11 is 0. The number of anilines is 1. The molecule has 3 N–H and O–H groups in total. The highest BCUT2D eigenvalue weighted by Gasteiger charge is 2.35. The van der Waals surface area contributed by atoms with Crippen LogP contribution in [-0.4, -0.2) is 74.5 Å². The summed E-state index contributed by atoms with van der Waals surface area (Å²) in [5.41, 5.74) is 1.93. The topological polar surface area (TPSA) is 112 Å². The first-order valence-electron chi connectivity index (χ1n) is 13.4. The third kappa shape index (κ3) is 5.96. The van der Waals surface area contributed by atoms with Crippen LogP contribution in [0.4, 0.5) is 10.2 Å². The van der Waals surface area contributed by atoms with Gasteiger partial charge in [0, 0.05) is 43.3 Å². The van der Waals surface area contributed by atoms with Gasteiger partial charge in [0.2, 0.25) is 0 Å². The van der Waals surface area contributed by atoms with Gasteiger partial charge in [-0.15, -0.1) is 0 Å². The molecule has 9 nitrogen and oxygen atoms in total. The van der Waals surface area contributed by atoms with E-state index in [1.165, 1.54) is 5.56 Å². The van der Waals surface area contributed by atoms with Crippen LogP contribution in [0.2, 0.25) is 0 Å². The number of hydrogen-bond acceptors (Lipinski definition) is 6. The molecule has 2 aromatic heterocycles. The number of benzene rings is 1. The van der Waals surface area contributed by atoms with Crippen molar-refractivity contribution < 1.29 is 19.1 Å². The quantitative estimate of drug-likeness (QED) is 0.395. The molecule has 2 aliphatic heterocycles. The van der Waals surface area contributed by atoms with Crippen molar-refractivity contribution in [1.82, 2.24) is 25.0 Å². The van der Waals surface area contributed by atoms with Crippen LogP contribution in [0.3, 0.4) is 0 Å². The number of alkyl halides is 1. The summed E-state index contributed by atoms with van der Waals surface area (Å²) in [5, 5.41) is 20.8. The number of nitrogens with one attached hydrogen (secondary N) is 2. The molecule has 2 atom stereocenters. The number of amides is 1. The predicted octanol–water partition coefficient (Wildman–Crippen LogP) is 3.34. The molecule has 2 aliphatic rings.